The predicted molar refractivity (Wildman–Crippen MR) is 35.0 cm³/mol. The standard InChI is InChI=1S/C8H6F3.K/c1-6-4-2-3-5-7(6)8(9,10)11;/h2,4-5H,1H3;/q-1;+1. The van der Waals surface area contributed by atoms with Gasteiger partial charge in [0.15, 0.2) is 0 Å². The van der Waals surface area contributed by atoms with Crippen LogP contribution in [0.15, 0.2) is 18.2 Å². The molecule has 0 unspecified atom stereocenters. The first-order valence-corrected chi connectivity index (χ1v) is 3.05. The van der Waals surface area contributed by atoms with E-state index in [0.29, 0.717) is 0 Å². The van der Waals surface area contributed by atoms with Crippen molar-refractivity contribution in [3.8, 4) is 0 Å². The van der Waals surface area contributed by atoms with E-state index in [1.807, 2.05) is 0 Å². The molecule has 60 valence electrons. The van der Waals surface area contributed by atoms with Crippen LogP contribution in [0.2, 0.25) is 0 Å². The van der Waals surface area contributed by atoms with Gasteiger partial charge in [-0.15, -0.1) is 5.56 Å². The summed E-state index contributed by atoms with van der Waals surface area (Å²) in [4.78, 5) is 0. The van der Waals surface area contributed by atoms with Crippen LogP contribution >= 0.6 is 0 Å². The van der Waals surface area contributed by atoms with Crippen molar-refractivity contribution in [2.75, 3.05) is 0 Å². The van der Waals surface area contributed by atoms with E-state index < -0.39 is 11.7 Å². The third-order valence-electron chi connectivity index (χ3n) is 1.39. The zero-order valence-electron chi connectivity index (χ0n) is 6.87. The number of alkyl halides is 3. The molecule has 0 spiro atoms. The fourth-order valence-electron chi connectivity index (χ4n) is 0.814. The van der Waals surface area contributed by atoms with E-state index in [4.69, 9.17) is 0 Å². The van der Waals surface area contributed by atoms with Crippen molar-refractivity contribution in [1.82, 2.24) is 0 Å². The summed E-state index contributed by atoms with van der Waals surface area (Å²) in [5, 5.41) is 0. The minimum atomic E-state index is -4.25. The van der Waals surface area contributed by atoms with Crippen LogP contribution < -0.4 is 51.4 Å². The Kier molecular flexibility index (Phi) is 5.02. The summed E-state index contributed by atoms with van der Waals surface area (Å²) in [6, 6.07) is 6.20. The summed E-state index contributed by atoms with van der Waals surface area (Å²) in [6.45, 7) is 1.43. The molecule has 0 N–H and O–H groups in total. The smallest absolute Gasteiger partial charge is 0.183 e. The minimum Gasteiger partial charge on any atom is -0.183 e. The van der Waals surface area contributed by atoms with Crippen molar-refractivity contribution in [2.24, 2.45) is 0 Å². The maximum Gasteiger partial charge on any atom is 1.00 e. The average Bonchev–Trinajstić information content (AvgIpc) is 1.86. The molecule has 0 heterocycles. The van der Waals surface area contributed by atoms with Gasteiger partial charge in [0.2, 0.25) is 0 Å². The molecule has 0 aliphatic carbocycles. The van der Waals surface area contributed by atoms with Gasteiger partial charge in [-0.25, -0.2) is 0 Å². The molecule has 0 aliphatic rings. The van der Waals surface area contributed by atoms with Crippen LogP contribution in [-0.4, -0.2) is 0 Å². The summed E-state index contributed by atoms with van der Waals surface area (Å²) in [6.07, 6.45) is -4.25. The second-order valence-corrected chi connectivity index (χ2v) is 2.24. The van der Waals surface area contributed by atoms with Gasteiger partial charge in [-0.05, 0) is 0 Å². The molecule has 4 heteroatoms. The maximum absolute atomic E-state index is 12.0. The number of benzene rings is 1. The van der Waals surface area contributed by atoms with Crippen molar-refractivity contribution >= 4 is 0 Å². The molecule has 0 nitrogen and oxygen atoms in total. The topological polar surface area (TPSA) is 0 Å². The summed E-state index contributed by atoms with van der Waals surface area (Å²) < 4.78 is 36.1. The van der Waals surface area contributed by atoms with Gasteiger partial charge in [0, 0.05) is 0 Å². The van der Waals surface area contributed by atoms with E-state index in [1.54, 1.807) is 0 Å². The Bertz CT molecular complexity index is 255. The van der Waals surface area contributed by atoms with E-state index in [1.165, 1.54) is 19.1 Å². The van der Waals surface area contributed by atoms with Crippen LogP contribution in [0.25, 0.3) is 0 Å². The van der Waals surface area contributed by atoms with Gasteiger partial charge in [0.05, 0.1) is 0 Å². The van der Waals surface area contributed by atoms with Crippen molar-refractivity contribution in [1.29, 1.82) is 0 Å². The molecule has 0 radical (unpaired) electrons. The Labute approximate surface area is 112 Å². The van der Waals surface area contributed by atoms with Gasteiger partial charge in [0.1, 0.15) is 0 Å². The van der Waals surface area contributed by atoms with E-state index in [0.717, 1.165) is 6.07 Å². The molecule has 1 aromatic rings. The summed E-state index contributed by atoms with van der Waals surface area (Å²) in [5.41, 5.74) is -0.378. The van der Waals surface area contributed by atoms with Gasteiger partial charge in [-0.1, -0.05) is 12.5 Å². The van der Waals surface area contributed by atoms with Gasteiger partial charge < -0.3 is 0 Å². The molecule has 0 aromatic heterocycles. The van der Waals surface area contributed by atoms with Gasteiger partial charge >= 0.3 is 57.6 Å². The molecular weight excluding hydrogens is 192 g/mol. The Morgan fingerprint density at radius 1 is 1.33 bits per heavy atom. The van der Waals surface area contributed by atoms with Gasteiger partial charge in [0.25, 0.3) is 0 Å². The molecule has 0 fully saturated rings. The fraction of sp³-hybridized carbons (Fsp3) is 0.250. The molecule has 1 rings (SSSR count). The minimum absolute atomic E-state index is 0. The second-order valence-electron chi connectivity index (χ2n) is 2.24. The summed E-state index contributed by atoms with van der Waals surface area (Å²) >= 11 is 0. The normalized spacial score (nSPS) is 10.7. The average molecular weight is 198 g/mol. The molecule has 0 saturated carbocycles. The van der Waals surface area contributed by atoms with Crippen LogP contribution in [0.5, 0.6) is 0 Å². The largest absolute Gasteiger partial charge is 1.00 e. The number of aryl methyl sites for hydroxylation is 1. The van der Waals surface area contributed by atoms with E-state index in [2.05, 4.69) is 6.07 Å². The van der Waals surface area contributed by atoms with Crippen LogP contribution in [0.3, 0.4) is 0 Å². The van der Waals surface area contributed by atoms with Crippen molar-refractivity contribution in [3.05, 3.63) is 35.4 Å². The number of hydrogen-bond donors (Lipinski definition) is 0. The number of halogens is 3. The molecule has 0 aliphatic heterocycles. The first-order valence-electron chi connectivity index (χ1n) is 3.05. The van der Waals surface area contributed by atoms with Crippen LogP contribution in [-0.2, 0) is 6.18 Å². The van der Waals surface area contributed by atoms with E-state index >= 15 is 0 Å². The number of hydrogen-bond acceptors (Lipinski definition) is 0. The van der Waals surface area contributed by atoms with Crippen molar-refractivity contribution < 1.29 is 64.6 Å². The van der Waals surface area contributed by atoms with Crippen LogP contribution in [0, 0.1) is 13.0 Å². The third kappa shape index (κ3) is 3.18. The quantitative estimate of drug-likeness (QED) is 0.401. The Morgan fingerprint density at radius 3 is 2.25 bits per heavy atom. The van der Waals surface area contributed by atoms with Crippen molar-refractivity contribution in [3.63, 3.8) is 0 Å². The zero-order valence-corrected chi connectivity index (χ0v) is 9.99. The van der Waals surface area contributed by atoms with Gasteiger partial charge in [-0.2, -0.15) is 37.4 Å². The second kappa shape index (κ2) is 4.76. The first kappa shape index (κ1) is 12.6. The van der Waals surface area contributed by atoms with Crippen LogP contribution in [0.1, 0.15) is 11.1 Å². The molecule has 0 bridgehead atoms. The summed E-state index contributed by atoms with van der Waals surface area (Å²) in [5.74, 6) is 0. The number of rotatable bonds is 0. The zero-order chi connectivity index (χ0) is 8.48. The Morgan fingerprint density at radius 2 is 1.92 bits per heavy atom. The molecular formula is C8H6F3K. The first-order chi connectivity index (χ1) is 5.02. The monoisotopic (exact) mass is 198 g/mol. The molecule has 0 amide bonds. The molecule has 12 heavy (non-hydrogen) atoms. The van der Waals surface area contributed by atoms with Crippen molar-refractivity contribution in [2.45, 2.75) is 13.1 Å². The fourth-order valence-corrected chi connectivity index (χ4v) is 0.814. The summed E-state index contributed by atoms with van der Waals surface area (Å²) in [7, 11) is 0. The SMILES string of the molecule is Cc1cc[c-]cc1C(F)(F)F.[K+]. The maximum atomic E-state index is 12.0. The van der Waals surface area contributed by atoms with E-state index in [9.17, 15) is 13.2 Å². The molecule has 0 atom stereocenters. The van der Waals surface area contributed by atoms with Gasteiger partial charge in [-0.3, -0.25) is 0 Å². The third-order valence-corrected chi connectivity index (χ3v) is 1.39. The van der Waals surface area contributed by atoms with Crippen LogP contribution in [0.4, 0.5) is 13.2 Å². The molecule has 1 aromatic carbocycles. The molecule has 0 saturated heterocycles. The predicted octanol–water partition coefficient (Wildman–Crippen LogP) is -0.182. The Balaban J connectivity index is 0.00000121. The van der Waals surface area contributed by atoms with E-state index in [-0.39, 0.29) is 56.9 Å². The Hall–Kier alpha value is 0.646.